The van der Waals surface area contributed by atoms with Crippen LogP contribution in [0.5, 0.6) is 0 Å². The van der Waals surface area contributed by atoms with Crippen molar-refractivity contribution >= 4 is 68.9 Å². The van der Waals surface area contributed by atoms with Gasteiger partial charge in [0.25, 0.3) is 0 Å². The number of rotatable bonds is 0. The van der Waals surface area contributed by atoms with Gasteiger partial charge in [0, 0.05) is 68.9 Å². The Labute approximate surface area is 92.9 Å². The van der Waals surface area contributed by atoms with Crippen LogP contribution in [0.25, 0.3) is 0 Å². The molecule has 0 aliphatic rings. The van der Waals surface area contributed by atoms with Gasteiger partial charge in [-0.15, -0.1) is 0 Å². The van der Waals surface area contributed by atoms with E-state index in [4.69, 9.17) is 11.4 Å². The normalized spacial score (nSPS) is 5.00. The molecule has 5 heavy (non-hydrogen) atoms. The summed E-state index contributed by atoms with van der Waals surface area (Å²) >= 11 is -3.69. The third-order valence-corrected chi connectivity index (χ3v) is 0. The summed E-state index contributed by atoms with van der Waals surface area (Å²) in [6.45, 7) is 0. The van der Waals surface area contributed by atoms with Crippen molar-refractivity contribution in [3.8, 4) is 0 Å². The van der Waals surface area contributed by atoms with Crippen LogP contribution in [-0.4, -0.2) is 72.9 Å². The first-order chi connectivity index (χ1) is 1.73. The monoisotopic (exact) mass is 233 g/mol. The molecule has 0 aliphatic heterocycles. The van der Waals surface area contributed by atoms with Crippen LogP contribution in [0.4, 0.5) is 0 Å². The second kappa shape index (κ2) is 6.20. The maximum atomic E-state index is 8.67. The van der Waals surface area contributed by atoms with Crippen molar-refractivity contribution in [1.29, 1.82) is 0 Å². The molecule has 0 rings (SSSR count). The molecule has 1 N–H and O–H groups in total. The van der Waals surface area contributed by atoms with Gasteiger partial charge < -0.3 is 0 Å². The topological polar surface area (TPSA) is 54.4 Å². The summed E-state index contributed by atoms with van der Waals surface area (Å²) in [5.74, 6) is 0. The van der Waals surface area contributed by atoms with Crippen LogP contribution in [-0.2, 0) is 22.7 Å². The van der Waals surface area contributed by atoms with Gasteiger partial charge in [0.05, 0.1) is 0 Å². The van der Waals surface area contributed by atoms with Crippen LogP contribution in [0.1, 0.15) is 0 Å². The van der Waals surface area contributed by atoms with Crippen LogP contribution < -0.4 is 0 Å². The van der Waals surface area contributed by atoms with E-state index in [-0.39, 0.29) is 68.9 Å². The van der Waals surface area contributed by atoms with E-state index >= 15 is 0 Å². The summed E-state index contributed by atoms with van der Waals surface area (Å²) in [4.78, 5) is 0. The van der Waals surface area contributed by atoms with Crippen molar-refractivity contribution in [1.82, 2.24) is 0 Å². The summed E-state index contributed by atoms with van der Waals surface area (Å²) in [5, 5.41) is 0. The van der Waals surface area contributed by atoms with Gasteiger partial charge in [0.1, 0.15) is 0 Å². The Balaban J connectivity index is 0. The molecule has 3 nitrogen and oxygen atoms in total. The van der Waals surface area contributed by atoms with Gasteiger partial charge in [-0.05, 0) is 0 Å². The first-order valence-electron chi connectivity index (χ1n) is 0.565. The van der Waals surface area contributed by atoms with Gasteiger partial charge in [-0.25, -0.2) is 0 Å². The van der Waals surface area contributed by atoms with E-state index in [2.05, 4.69) is 0 Å². The molecule has 0 heterocycles. The Kier molecular flexibility index (Phi) is 12.7. The molecule has 0 aromatic heterocycles. The molecule has 0 saturated heterocycles. The molecule has 0 bridgehead atoms. The summed E-state index contributed by atoms with van der Waals surface area (Å²) in [6.07, 6.45) is 0. The van der Waals surface area contributed by atoms with Crippen LogP contribution in [0.2, 0.25) is 0 Å². The van der Waals surface area contributed by atoms with Crippen molar-refractivity contribution in [2.75, 3.05) is 0 Å². The van der Waals surface area contributed by atoms with Gasteiger partial charge in [0.15, 0.2) is 0 Å². The molecule has 1 radical (unpaired) electrons. The molecule has 0 atom stereocenters. The predicted octanol–water partition coefficient (Wildman–Crippen LogP) is -1.18. The van der Waals surface area contributed by atoms with Crippen molar-refractivity contribution in [2.45, 2.75) is 0 Å². The van der Waals surface area contributed by atoms with Gasteiger partial charge in [-0.1, -0.05) is 0 Å². The van der Waals surface area contributed by atoms with Gasteiger partial charge >= 0.3 is 26.8 Å². The molecule has 0 unspecified atom stereocenters. The molecular formula is HCsO3V. The SMILES string of the molecule is [Cs].[O]=[V](=[O])[OH]. The zero-order chi connectivity index (χ0) is 3.58. The minimum atomic E-state index is -3.69. The number of hydrogen-bond acceptors (Lipinski definition) is 2. The van der Waals surface area contributed by atoms with E-state index in [0.29, 0.717) is 0 Å². The molecule has 5 heteroatoms. The Bertz CT molecular complexity index is 55.3. The van der Waals surface area contributed by atoms with Crippen LogP contribution in [0.3, 0.4) is 0 Å². The van der Waals surface area contributed by atoms with Gasteiger partial charge in [-0.2, -0.15) is 0 Å². The summed E-state index contributed by atoms with van der Waals surface area (Å²) < 4.78 is 24.4. The van der Waals surface area contributed by atoms with Crippen LogP contribution >= 0.6 is 0 Å². The number of hydrogen-bond donors (Lipinski definition) is 1. The molecule has 0 aromatic carbocycles. The fourth-order valence-electron chi connectivity index (χ4n) is 0. The standard InChI is InChI=1S/Cs.H2O.2O.V/h;1H2;;;/q;;;;+1/p-1. The van der Waals surface area contributed by atoms with Crippen LogP contribution in [0, 0.1) is 0 Å². The van der Waals surface area contributed by atoms with E-state index in [1.807, 2.05) is 0 Å². The molecule has 0 aliphatic carbocycles. The average Bonchev–Trinajstić information content (AvgIpc) is 0.811. The molecule has 0 fully saturated rings. The Morgan fingerprint density at radius 3 is 1.40 bits per heavy atom. The van der Waals surface area contributed by atoms with E-state index in [1.54, 1.807) is 0 Å². The fourth-order valence-corrected chi connectivity index (χ4v) is 0. The maximum absolute atomic E-state index is 8.67. The van der Waals surface area contributed by atoms with E-state index in [1.165, 1.54) is 0 Å². The third-order valence-electron chi connectivity index (χ3n) is 0. The summed E-state index contributed by atoms with van der Waals surface area (Å²) in [6, 6.07) is 0. The van der Waals surface area contributed by atoms with Crippen molar-refractivity contribution in [2.24, 2.45) is 0 Å². The van der Waals surface area contributed by atoms with E-state index < -0.39 is 15.4 Å². The molecule has 0 amide bonds. The predicted molar refractivity (Wildman–Crippen MR) is 9.35 cm³/mol. The average molecular weight is 233 g/mol. The van der Waals surface area contributed by atoms with Crippen LogP contribution in [0.15, 0.2) is 0 Å². The molecule has 0 spiro atoms. The first-order valence-corrected chi connectivity index (χ1v) is 2.33. The fraction of sp³-hybridized carbons (Fsp3) is 0. The first kappa shape index (κ1) is 10.2. The molecular weight excluding hydrogens is 232 g/mol. The minimum absolute atomic E-state index is 0. The molecule has 0 saturated carbocycles. The van der Waals surface area contributed by atoms with Crippen molar-refractivity contribution in [3.05, 3.63) is 0 Å². The second-order valence-corrected chi connectivity index (χ2v) is 0.981. The molecule has 25 valence electrons. The zero-order valence-corrected chi connectivity index (χ0v) is 10.4. The van der Waals surface area contributed by atoms with Gasteiger partial charge in [-0.3, -0.25) is 0 Å². The van der Waals surface area contributed by atoms with E-state index in [0.717, 1.165) is 0 Å². The third kappa shape index (κ3) is 22.6. The Hall–Kier alpha value is 2.20. The summed E-state index contributed by atoms with van der Waals surface area (Å²) in [7, 11) is 0. The summed E-state index contributed by atoms with van der Waals surface area (Å²) in [5.41, 5.74) is 0. The van der Waals surface area contributed by atoms with E-state index in [9.17, 15) is 0 Å². The van der Waals surface area contributed by atoms with Gasteiger partial charge in [0.2, 0.25) is 0 Å². The van der Waals surface area contributed by atoms with Crippen molar-refractivity contribution < 1.29 is 26.8 Å². The molecule has 0 aromatic rings. The Morgan fingerprint density at radius 2 is 1.40 bits per heavy atom. The second-order valence-electron chi connectivity index (χ2n) is 0.238. The zero-order valence-electron chi connectivity index (χ0n) is 2.71. The quantitative estimate of drug-likeness (QED) is 0.573. The Morgan fingerprint density at radius 1 is 1.40 bits per heavy atom. The van der Waals surface area contributed by atoms with Crippen molar-refractivity contribution in [3.63, 3.8) is 0 Å².